The number of hydrogen-bond donors (Lipinski definition) is 0. The summed E-state index contributed by atoms with van der Waals surface area (Å²) in [7, 11) is 0. The number of benzene rings is 3. The molecule has 0 spiro atoms. The Morgan fingerprint density at radius 1 is 0.591 bits per heavy atom. The van der Waals surface area contributed by atoms with E-state index in [1.54, 1.807) is 23.5 Å². The molecule has 22 heavy (non-hydrogen) atoms. The molecule has 0 radical (unpaired) electrons. The molecule has 0 saturated heterocycles. The van der Waals surface area contributed by atoms with Crippen LogP contribution in [0.1, 0.15) is 5.56 Å². The minimum atomic E-state index is 0.741. The SMILES string of the molecule is N#Cc1c(Sc2ccccc2)cccc1Sc1ccccc1. The van der Waals surface area contributed by atoms with E-state index < -0.39 is 0 Å². The van der Waals surface area contributed by atoms with E-state index in [4.69, 9.17) is 0 Å². The lowest BCUT2D eigenvalue weighted by Gasteiger charge is -2.09. The van der Waals surface area contributed by atoms with Crippen LogP contribution in [-0.2, 0) is 0 Å². The van der Waals surface area contributed by atoms with E-state index in [0.29, 0.717) is 0 Å². The number of hydrogen-bond acceptors (Lipinski definition) is 3. The molecule has 0 unspecified atom stereocenters. The number of nitrogens with zero attached hydrogens (tertiary/aromatic N) is 1. The summed E-state index contributed by atoms with van der Waals surface area (Å²) in [5.41, 5.74) is 0.741. The molecule has 0 aliphatic heterocycles. The van der Waals surface area contributed by atoms with Gasteiger partial charge in [-0.15, -0.1) is 0 Å². The topological polar surface area (TPSA) is 23.8 Å². The highest BCUT2D eigenvalue weighted by molar-refractivity contribution is 8.00. The molecule has 0 N–H and O–H groups in total. The van der Waals surface area contributed by atoms with Crippen molar-refractivity contribution in [3.05, 3.63) is 84.4 Å². The second-order valence-electron chi connectivity index (χ2n) is 4.57. The van der Waals surface area contributed by atoms with Gasteiger partial charge in [0.05, 0.1) is 5.56 Å². The van der Waals surface area contributed by atoms with Gasteiger partial charge in [0.25, 0.3) is 0 Å². The van der Waals surface area contributed by atoms with Crippen LogP contribution in [0.3, 0.4) is 0 Å². The average Bonchev–Trinajstić information content (AvgIpc) is 2.57. The van der Waals surface area contributed by atoms with Gasteiger partial charge in [-0.3, -0.25) is 0 Å². The molecular weight excluding hydrogens is 306 g/mol. The van der Waals surface area contributed by atoms with Crippen LogP contribution in [0, 0.1) is 11.3 Å². The molecule has 106 valence electrons. The van der Waals surface area contributed by atoms with Crippen LogP contribution in [-0.4, -0.2) is 0 Å². The molecule has 1 nitrogen and oxygen atoms in total. The minimum absolute atomic E-state index is 0.741. The van der Waals surface area contributed by atoms with Crippen molar-refractivity contribution in [1.29, 1.82) is 5.26 Å². The van der Waals surface area contributed by atoms with Gasteiger partial charge >= 0.3 is 0 Å². The van der Waals surface area contributed by atoms with Crippen molar-refractivity contribution < 1.29 is 0 Å². The predicted molar refractivity (Wildman–Crippen MR) is 92.3 cm³/mol. The average molecular weight is 319 g/mol. The summed E-state index contributed by atoms with van der Waals surface area (Å²) in [6.45, 7) is 0. The van der Waals surface area contributed by atoms with Crippen LogP contribution in [0.15, 0.2) is 98.4 Å². The third-order valence-electron chi connectivity index (χ3n) is 3.04. The largest absolute Gasteiger partial charge is 0.192 e. The Labute approximate surface area is 139 Å². The van der Waals surface area contributed by atoms with E-state index in [1.165, 1.54) is 0 Å². The summed E-state index contributed by atoms with van der Waals surface area (Å²) in [4.78, 5) is 4.27. The van der Waals surface area contributed by atoms with Gasteiger partial charge in [-0.1, -0.05) is 66.0 Å². The van der Waals surface area contributed by atoms with Crippen molar-refractivity contribution in [2.75, 3.05) is 0 Å². The fourth-order valence-electron chi connectivity index (χ4n) is 2.02. The highest BCUT2D eigenvalue weighted by atomic mass is 32.2. The van der Waals surface area contributed by atoms with Gasteiger partial charge in [-0.25, -0.2) is 0 Å². The first-order valence-electron chi connectivity index (χ1n) is 6.86. The summed E-state index contributed by atoms with van der Waals surface area (Å²) in [5.74, 6) is 0. The summed E-state index contributed by atoms with van der Waals surface area (Å²) in [6.07, 6.45) is 0. The fraction of sp³-hybridized carbons (Fsp3) is 0. The molecule has 0 bridgehead atoms. The van der Waals surface area contributed by atoms with Crippen molar-refractivity contribution in [2.45, 2.75) is 19.6 Å². The Hall–Kier alpha value is -2.15. The first kappa shape index (κ1) is 14.8. The maximum absolute atomic E-state index is 9.58. The molecule has 0 aliphatic rings. The van der Waals surface area contributed by atoms with Crippen LogP contribution >= 0.6 is 23.5 Å². The number of nitriles is 1. The Morgan fingerprint density at radius 3 is 1.45 bits per heavy atom. The summed E-state index contributed by atoms with van der Waals surface area (Å²) < 4.78 is 0. The zero-order chi connectivity index (χ0) is 15.2. The third kappa shape index (κ3) is 3.54. The standard InChI is InChI=1S/C19H13NS2/c20-14-17-18(21-15-8-3-1-4-9-15)12-7-13-19(17)22-16-10-5-2-6-11-16/h1-13H. The summed E-state index contributed by atoms with van der Waals surface area (Å²) in [5, 5.41) is 9.58. The zero-order valence-electron chi connectivity index (χ0n) is 11.8. The van der Waals surface area contributed by atoms with Crippen LogP contribution in [0.4, 0.5) is 0 Å². The van der Waals surface area contributed by atoms with Crippen LogP contribution in [0.25, 0.3) is 0 Å². The highest BCUT2D eigenvalue weighted by Crippen LogP contribution is 2.37. The first-order chi connectivity index (χ1) is 10.9. The Bertz CT molecular complexity index is 733. The lowest BCUT2D eigenvalue weighted by atomic mass is 10.2. The van der Waals surface area contributed by atoms with Crippen LogP contribution in [0.5, 0.6) is 0 Å². The maximum Gasteiger partial charge on any atom is 0.102 e. The van der Waals surface area contributed by atoms with Gasteiger partial charge in [0.1, 0.15) is 6.07 Å². The van der Waals surface area contributed by atoms with Crippen molar-refractivity contribution in [2.24, 2.45) is 0 Å². The van der Waals surface area contributed by atoms with Crippen LogP contribution in [0.2, 0.25) is 0 Å². The molecule has 3 aromatic rings. The maximum atomic E-state index is 9.58. The Balaban J connectivity index is 1.92. The molecule has 0 saturated carbocycles. The number of rotatable bonds is 4. The normalized spacial score (nSPS) is 10.1. The van der Waals surface area contributed by atoms with Gasteiger partial charge in [0.15, 0.2) is 0 Å². The third-order valence-corrected chi connectivity index (χ3v) is 5.18. The smallest absolute Gasteiger partial charge is 0.102 e. The van der Waals surface area contributed by atoms with E-state index >= 15 is 0 Å². The van der Waals surface area contributed by atoms with Gasteiger partial charge in [0.2, 0.25) is 0 Å². The second kappa shape index (κ2) is 7.22. The van der Waals surface area contributed by atoms with E-state index in [0.717, 1.165) is 25.1 Å². The second-order valence-corrected chi connectivity index (χ2v) is 6.80. The molecule has 0 atom stereocenters. The molecule has 3 rings (SSSR count). The molecular formula is C19H13NS2. The van der Waals surface area contributed by atoms with Gasteiger partial charge < -0.3 is 0 Å². The lowest BCUT2D eigenvalue weighted by molar-refractivity contribution is 1.25. The van der Waals surface area contributed by atoms with Crippen molar-refractivity contribution >= 4 is 23.5 Å². The molecule has 3 heteroatoms. The van der Waals surface area contributed by atoms with E-state index in [1.807, 2.05) is 54.6 Å². The summed E-state index contributed by atoms with van der Waals surface area (Å²) in [6, 6.07) is 28.7. The predicted octanol–water partition coefficient (Wildman–Crippen LogP) is 5.86. The van der Waals surface area contributed by atoms with E-state index in [-0.39, 0.29) is 0 Å². The van der Waals surface area contributed by atoms with Crippen molar-refractivity contribution in [3.8, 4) is 6.07 Å². The lowest BCUT2D eigenvalue weighted by Crippen LogP contribution is -1.86. The first-order valence-corrected chi connectivity index (χ1v) is 8.49. The monoisotopic (exact) mass is 319 g/mol. The molecule has 0 aliphatic carbocycles. The molecule has 3 aromatic carbocycles. The van der Waals surface area contributed by atoms with Gasteiger partial charge in [0, 0.05) is 19.6 Å². The zero-order valence-corrected chi connectivity index (χ0v) is 13.4. The molecule has 0 amide bonds. The minimum Gasteiger partial charge on any atom is -0.192 e. The van der Waals surface area contributed by atoms with Gasteiger partial charge in [-0.05, 0) is 36.4 Å². The molecule has 0 aromatic heterocycles. The van der Waals surface area contributed by atoms with Crippen LogP contribution < -0.4 is 0 Å². The molecule has 0 heterocycles. The quantitative estimate of drug-likeness (QED) is 0.601. The van der Waals surface area contributed by atoms with Gasteiger partial charge in [-0.2, -0.15) is 5.26 Å². The van der Waals surface area contributed by atoms with Crippen molar-refractivity contribution in [3.63, 3.8) is 0 Å². The Kier molecular flexibility index (Phi) is 4.85. The fourth-order valence-corrected chi connectivity index (χ4v) is 3.99. The Morgan fingerprint density at radius 2 is 1.05 bits per heavy atom. The van der Waals surface area contributed by atoms with E-state index in [9.17, 15) is 5.26 Å². The van der Waals surface area contributed by atoms with E-state index in [2.05, 4.69) is 30.3 Å². The molecule has 0 fully saturated rings. The highest BCUT2D eigenvalue weighted by Gasteiger charge is 2.10. The van der Waals surface area contributed by atoms with Crippen molar-refractivity contribution in [1.82, 2.24) is 0 Å². The summed E-state index contributed by atoms with van der Waals surface area (Å²) >= 11 is 3.26.